The van der Waals surface area contributed by atoms with E-state index in [1.807, 2.05) is 37.3 Å². The number of ether oxygens (including phenoxy) is 2. The molecule has 0 aliphatic carbocycles. The van der Waals surface area contributed by atoms with Crippen molar-refractivity contribution in [3.8, 4) is 21.9 Å². The Hall–Kier alpha value is -3.48. The van der Waals surface area contributed by atoms with Crippen LogP contribution in [0.1, 0.15) is 73.0 Å². The van der Waals surface area contributed by atoms with Crippen molar-refractivity contribution in [3.63, 3.8) is 0 Å². The first-order chi connectivity index (χ1) is 19.9. The van der Waals surface area contributed by atoms with Gasteiger partial charge >= 0.3 is 5.97 Å². The van der Waals surface area contributed by atoms with Gasteiger partial charge in [0.15, 0.2) is 5.78 Å². The van der Waals surface area contributed by atoms with Crippen molar-refractivity contribution in [1.82, 2.24) is 4.90 Å². The average molecular weight is 570 g/mol. The molecule has 0 N–H and O–H groups in total. The summed E-state index contributed by atoms with van der Waals surface area (Å²) >= 11 is 1.71. The summed E-state index contributed by atoms with van der Waals surface area (Å²) in [5.41, 5.74) is 5.30. The second-order valence-corrected chi connectivity index (χ2v) is 12.0. The summed E-state index contributed by atoms with van der Waals surface area (Å²) in [5, 5.41) is 1.16. The molecule has 0 spiro atoms. The number of carbonyl (C=O) groups excluding carboxylic acids is 2. The number of aryl methyl sites for hydroxylation is 1. The van der Waals surface area contributed by atoms with Gasteiger partial charge < -0.3 is 14.4 Å². The largest absolute Gasteiger partial charge is 0.494 e. The van der Waals surface area contributed by atoms with Crippen LogP contribution in [-0.2, 0) is 11.2 Å². The molecular weight excluding hydrogens is 530 g/mol. The van der Waals surface area contributed by atoms with E-state index in [0.29, 0.717) is 12.2 Å². The molecule has 0 radical (unpaired) electrons. The van der Waals surface area contributed by atoms with Crippen molar-refractivity contribution < 1.29 is 19.1 Å². The topological polar surface area (TPSA) is 55.8 Å². The van der Waals surface area contributed by atoms with Crippen molar-refractivity contribution in [2.45, 2.75) is 59.3 Å². The maximum absolute atomic E-state index is 12.1. The highest BCUT2D eigenvalue weighted by Crippen LogP contribution is 2.42. The molecule has 2 heterocycles. The molecule has 0 saturated carbocycles. The Morgan fingerprint density at radius 1 is 0.927 bits per heavy atom. The molecule has 0 bridgehead atoms. The number of likely N-dealkylation sites (tertiary alicyclic amines) is 1. The van der Waals surface area contributed by atoms with E-state index in [1.54, 1.807) is 25.2 Å². The fraction of sp³-hybridized carbons (Fsp3) is 0.371. The first-order valence-corrected chi connectivity index (χ1v) is 15.5. The zero-order valence-electron chi connectivity index (χ0n) is 24.3. The predicted octanol–water partition coefficient (Wildman–Crippen LogP) is 8.24. The zero-order valence-corrected chi connectivity index (χ0v) is 25.1. The van der Waals surface area contributed by atoms with Gasteiger partial charge in [-0.05, 0) is 117 Å². The van der Waals surface area contributed by atoms with Gasteiger partial charge in [-0.1, -0.05) is 37.6 Å². The first-order valence-electron chi connectivity index (χ1n) is 14.7. The van der Waals surface area contributed by atoms with Gasteiger partial charge in [-0.2, -0.15) is 0 Å². The number of Topliss-reactive ketones (excluding diaryl/α,β-unsaturated/α-hetero) is 1. The molecule has 5 rings (SSSR count). The lowest BCUT2D eigenvalue weighted by molar-refractivity contribution is -0.134. The highest BCUT2D eigenvalue weighted by Gasteiger charge is 2.18. The molecule has 0 amide bonds. The Kier molecular flexibility index (Phi) is 9.53. The van der Waals surface area contributed by atoms with Crippen molar-refractivity contribution in [1.29, 1.82) is 0 Å². The quantitative estimate of drug-likeness (QED) is 0.0788. The SMILES string of the molecule is CCC(=O)Oc1ccc(-c2sc3cc(C(C)=O)ccc3c2Cc2ccc(OCCCN3CCCCC3)cc2)c(C)c1. The van der Waals surface area contributed by atoms with E-state index < -0.39 is 0 Å². The third kappa shape index (κ3) is 7.24. The number of esters is 1. The third-order valence-electron chi connectivity index (χ3n) is 7.80. The molecule has 214 valence electrons. The lowest BCUT2D eigenvalue weighted by atomic mass is 9.96. The molecule has 5 nitrogen and oxygen atoms in total. The minimum absolute atomic E-state index is 0.0631. The lowest BCUT2D eigenvalue weighted by Crippen LogP contribution is -2.31. The fourth-order valence-corrected chi connectivity index (χ4v) is 6.84. The molecule has 6 heteroatoms. The van der Waals surface area contributed by atoms with E-state index in [1.165, 1.54) is 48.4 Å². The number of hydrogen-bond donors (Lipinski definition) is 0. The summed E-state index contributed by atoms with van der Waals surface area (Å²) in [5.74, 6) is 1.28. The van der Waals surface area contributed by atoms with Crippen LogP contribution in [-0.4, -0.2) is 42.9 Å². The fourth-order valence-electron chi connectivity index (χ4n) is 5.49. The Balaban J connectivity index is 1.36. The number of benzene rings is 3. The number of ketones is 1. The molecule has 1 aliphatic heterocycles. The van der Waals surface area contributed by atoms with Gasteiger partial charge in [0.05, 0.1) is 6.61 Å². The van der Waals surface area contributed by atoms with E-state index in [4.69, 9.17) is 9.47 Å². The van der Waals surface area contributed by atoms with Crippen LogP contribution < -0.4 is 9.47 Å². The lowest BCUT2D eigenvalue weighted by Gasteiger charge is -2.26. The smallest absolute Gasteiger partial charge is 0.310 e. The highest BCUT2D eigenvalue weighted by atomic mass is 32.1. The van der Waals surface area contributed by atoms with Crippen LogP contribution in [0.2, 0.25) is 0 Å². The van der Waals surface area contributed by atoms with Crippen LogP contribution in [0.5, 0.6) is 11.5 Å². The number of rotatable bonds is 11. The van der Waals surface area contributed by atoms with Gasteiger partial charge in [-0.25, -0.2) is 0 Å². The number of carbonyl (C=O) groups is 2. The van der Waals surface area contributed by atoms with Crippen molar-refractivity contribution in [2.75, 3.05) is 26.2 Å². The molecule has 0 unspecified atom stereocenters. The van der Waals surface area contributed by atoms with Crippen LogP contribution in [0, 0.1) is 6.92 Å². The first kappa shape index (κ1) is 29.0. The average Bonchev–Trinajstić information content (AvgIpc) is 3.33. The summed E-state index contributed by atoms with van der Waals surface area (Å²) in [6, 6.07) is 20.3. The predicted molar refractivity (Wildman–Crippen MR) is 168 cm³/mol. The minimum Gasteiger partial charge on any atom is -0.494 e. The summed E-state index contributed by atoms with van der Waals surface area (Å²) in [4.78, 5) is 27.6. The van der Waals surface area contributed by atoms with Crippen LogP contribution in [0.3, 0.4) is 0 Å². The van der Waals surface area contributed by atoms with Gasteiger partial charge in [0.2, 0.25) is 0 Å². The Morgan fingerprint density at radius 3 is 2.39 bits per heavy atom. The van der Waals surface area contributed by atoms with Gasteiger partial charge in [0.1, 0.15) is 11.5 Å². The van der Waals surface area contributed by atoms with E-state index in [9.17, 15) is 9.59 Å². The summed E-state index contributed by atoms with van der Waals surface area (Å²) in [6.07, 6.45) is 6.15. The standard InChI is InChI=1S/C35H39NO4S/c1-4-34(38)40-29-14-16-30(24(2)21-29)35-32(31-15-11-27(25(3)37)23-33(31)41-35)22-26-9-12-28(13-10-26)39-20-8-19-36-17-6-5-7-18-36/h9-16,21,23H,4-8,17-20,22H2,1-3H3. The van der Waals surface area contributed by atoms with E-state index >= 15 is 0 Å². The zero-order chi connectivity index (χ0) is 28.8. The molecule has 1 aromatic heterocycles. The Bertz CT molecular complexity index is 1520. The van der Waals surface area contributed by atoms with Crippen LogP contribution in [0.4, 0.5) is 0 Å². The molecule has 1 aliphatic rings. The van der Waals surface area contributed by atoms with E-state index in [0.717, 1.165) is 58.5 Å². The molecule has 0 atom stereocenters. The van der Waals surface area contributed by atoms with Crippen LogP contribution >= 0.6 is 11.3 Å². The Labute approximate surface area is 247 Å². The Morgan fingerprint density at radius 2 is 1.68 bits per heavy atom. The van der Waals surface area contributed by atoms with E-state index in [-0.39, 0.29) is 11.8 Å². The summed E-state index contributed by atoms with van der Waals surface area (Å²) in [7, 11) is 0. The molecule has 1 fully saturated rings. The van der Waals surface area contributed by atoms with Crippen LogP contribution in [0.15, 0.2) is 60.7 Å². The van der Waals surface area contributed by atoms with E-state index in [2.05, 4.69) is 35.2 Å². The van der Waals surface area contributed by atoms with Gasteiger partial charge in [-0.3, -0.25) is 9.59 Å². The van der Waals surface area contributed by atoms with Gasteiger partial charge in [0.25, 0.3) is 0 Å². The van der Waals surface area contributed by atoms with Crippen molar-refractivity contribution >= 4 is 33.2 Å². The number of thiophene rings is 1. The summed E-state index contributed by atoms with van der Waals surface area (Å²) < 4.78 is 12.6. The summed E-state index contributed by atoms with van der Waals surface area (Å²) in [6.45, 7) is 9.73. The normalized spacial score (nSPS) is 13.8. The van der Waals surface area contributed by atoms with Crippen molar-refractivity contribution in [2.24, 2.45) is 0 Å². The molecule has 1 saturated heterocycles. The molecule has 3 aromatic carbocycles. The number of hydrogen-bond acceptors (Lipinski definition) is 6. The third-order valence-corrected chi connectivity index (χ3v) is 9.03. The minimum atomic E-state index is -0.245. The monoisotopic (exact) mass is 569 g/mol. The molecule has 4 aromatic rings. The number of fused-ring (bicyclic) bond motifs is 1. The van der Waals surface area contributed by atoms with Gasteiger partial charge in [-0.15, -0.1) is 11.3 Å². The molecule has 41 heavy (non-hydrogen) atoms. The number of nitrogens with zero attached hydrogens (tertiary/aromatic N) is 1. The number of piperidine rings is 1. The van der Waals surface area contributed by atoms with Gasteiger partial charge in [0, 0.05) is 28.1 Å². The second kappa shape index (κ2) is 13.5. The maximum atomic E-state index is 12.1. The van der Waals surface area contributed by atoms with Crippen LogP contribution in [0.25, 0.3) is 20.5 Å². The van der Waals surface area contributed by atoms with Crippen molar-refractivity contribution in [3.05, 3.63) is 82.9 Å². The maximum Gasteiger partial charge on any atom is 0.310 e. The second-order valence-electron chi connectivity index (χ2n) is 10.9. The highest BCUT2D eigenvalue weighted by molar-refractivity contribution is 7.22. The molecular formula is C35H39NO4S.